The van der Waals surface area contributed by atoms with Gasteiger partial charge in [-0.15, -0.1) is 0 Å². The summed E-state index contributed by atoms with van der Waals surface area (Å²) >= 11 is 5.10. The SMILES string of the molecule is [C-]#[N+]c1c(N)nc([S-])c(C#N)c1-c1ccc(OCC2CC2)cc1. The predicted molar refractivity (Wildman–Crippen MR) is 88.9 cm³/mol. The van der Waals surface area contributed by atoms with Crippen LogP contribution in [0.5, 0.6) is 5.75 Å². The van der Waals surface area contributed by atoms with Gasteiger partial charge in [0.2, 0.25) is 5.69 Å². The molecule has 1 aromatic carbocycles. The maximum Gasteiger partial charge on any atom is 0.236 e. The smallest absolute Gasteiger partial charge is 0.236 e. The third-order valence-electron chi connectivity index (χ3n) is 3.71. The van der Waals surface area contributed by atoms with Gasteiger partial charge in [-0.3, -0.25) is 4.98 Å². The lowest BCUT2D eigenvalue weighted by Crippen LogP contribution is -2.00. The van der Waals surface area contributed by atoms with Crippen LogP contribution in [0.25, 0.3) is 16.0 Å². The highest BCUT2D eigenvalue weighted by Crippen LogP contribution is 2.39. The van der Waals surface area contributed by atoms with Crippen molar-refractivity contribution in [3.8, 4) is 22.9 Å². The number of nitrogens with zero attached hydrogens (tertiary/aromatic N) is 3. The Morgan fingerprint density at radius 1 is 1.39 bits per heavy atom. The average molecular weight is 321 g/mol. The van der Waals surface area contributed by atoms with Crippen molar-refractivity contribution >= 4 is 24.1 Å². The number of nitrogen functional groups attached to an aromatic ring is 1. The van der Waals surface area contributed by atoms with Crippen molar-refractivity contribution in [2.75, 3.05) is 12.3 Å². The summed E-state index contributed by atoms with van der Waals surface area (Å²) in [5.74, 6) is 1.49. The van der Waals surface area contributed by atoms with Gasteiger partial charge in [-0.05, 0) is 36.5 Å². The topological polar surface area (TPSA) is 76.3 Å². The largest absolute Gasteiger partial charge is 0.759 e. The number of aromatic nitrogens is 1. The molecule has 0 amide bonds. The molecule has 0 bridgehead atoms. The summed E-state index contributed by atoms with van der Waals surface area (Å²) in [5, 5.41) is 9.47. The molecule has 3 rings (SSSR count). The number of pyridine rings is 1. The summed E-state index contributed by atoms with van der Waals surface area (Å²) < 4.78 is 5.70. The van der Waals surface area contributed by atoms with Crippen molar-refractivity contribution in [3.05, 3.63) is 41.2 Å². The lowest BCUT2D eigenvalue weighted by atomic mass is 10.00. The number of rotatable bonds is 4. The van der Waals surface area contributed by atoms with E-state index in [0.717, 1.165) is 12.4 Å². The van der Waals surface area contributed by atoms with Gasteiger partial charge in [0.05, 0.1) is 19.2 Å². The Hall–Kier alpha value is -2.83. The van der Waals surface area contributed by atoms with E-state index in [-0.39, 0.29) is 22.1 Å². The summed E-state index contributed by atoms with van der Waals surface area (Å²) in [4.78, 5) is 7.33. The third-order valence-corrected chi connectivity index (χ3v) is 4.01. The number of hydrogen-bond acceptors (Lipinski definition) is 5. The Bertz CT molecular complexity index is 791. The zero-order valence-corrected chi connectivity index (χ0v) is 13.1. The van der Waals surface area contributed by atoms with E-state index in [9.17, 15) is 5.26 Å². The normalized spacial score (nSPS) is 13.1. The third kappa shape index (κ3) is 3.03. The van der Waals surface area contributed by atoms with Gasteiger partial charge in [-0.1, -0.05) is 17.2 Å². The van der Waals surface area contributed by atoms with E-state index >= 15 is 0 Å². The van der Waals surface area contributed by atoms with E-state index in [4.69, 9.17) is 29.7 Å². The van der Waals surface area contributed by atoms with Crippen LogP contribution in [0.3, 0.4) is 0 Å². The molecule has 0 unspecified atom stereocenters. The molecule has 1 heterocycles. The van der Waals surface area contributed by atoms with Crippen molar-refractivity contribution in [3.63, 3.8) is 0 Å². The number of benzene rings is 1. The molecule has 0 spiro atoms. The molecule has 0 atom stereocenters. The molecule has 1 aliphatic rings. The number of anilines is 1. The molecule has 1 aliphatic carbocycles. The summed E-state index contributed by atoms with van der Waals surface area (Å²) in [6.45, 7) is 8.05. The van der Waals surface area contributed by atoms with Gasteiger partial charge >= 0.3 is 0 Å². The monoisotopic (exact) mass is 321 g/mol. The first-order valence-corrected chi connectivity index (χ1v) is 7.56. The van der Waals surface area contributed by atoms with Crippen LogP contribution in [0.2, 0.25) is 0 Å². The van der Waals surface area contributed by atoms with E-state index in [2.05, 4.69) is 9.83 Å². The van der Waals surface area contributed by atoms with E-state index in [1.54, 1.807) is 12.1 Å². The van der Waals surface area contributed by atoms with Gasteiger partial charge in [0.15, 0.2) is 0 Å². The first-order chi connectivity index (χ1) is 11.1. The maximum atomic E-state index is 9.35. The van der Waals surface area contributed by atoms with Crippen LogP contribution in [-0.4, -0.2) is 11.6 Å². The molecule has 0 radical (unpaired) electrons. The molecule has 2 aromatic rings. The molecular formula is C17H13N4OS-. The van der Waals surface area contributed by atoms with Crippen LogP contribution < -0.4 is 10.5 Å². The van der Waals surface area contributed by atoms with Crippen LogP contribution in [0.4, 0.5) is 11.5 Å². The Morgan fingerprint density at radius 3 is 2.65 bits per heavy atom. The van der Waals surface area contributed by atoms with E-state index in [1.165, 1.54) is 12.8 Å². The Kier molecular flexibility index (Phi) is 4.01. The number of nitrogens with two attached hydrogens (primary N) is 1. The lowest BCUT2D eigenvalue weighted by Gasteiger charge is -2.16. The fraction of sp³-hybridized carbons (Fsp3) is 0.235. The summed E-state index contributed by atoms with van der Waals surface area (Å²) in [7, 11) is 0. The lowest BCUT2D eigenvalue weighted by molar-refractivity contribution is 0.300. The zero-order chi connectivity index (χ0) is 16.4. The van der Waals surface area contributed by atoms with Crippen molar-refractivity contribution in [1.29, 1.82) is 5.26 Å². The van der Waals surface area contributed by atoms with Crippen LogP contribution in [0.1, 0.15) is 18.4 Å². The minimum atomic E-state index is 0.0491. The fourth-order valence-electron chi connectivity index (χ4n) is 2.29. The number of ether oxygens (including phenoxy) is 1. The van der Waals surface area contributed by atoms with Crippen molar-refractivity contribution < 1.29 is 4.74 Å². The molecule has 0 aliphatic heterocycles. The van der Waals surface area contributed by atoms with Crippen LogP contribution in [-0.2, 0) is 12.6 Å². The molecule has 0 saturated heterocycles. The Morgan fingerprint density at radius 2 is 2.09 bits per heavy atom. The van der Waals surface area contributed by atoms with Crippen LogP contribution in [0.15, 0.2) is 29.3 Å². The first kappa shape index (κ1) is 15.1. The Labute approximate surface area is 139 Å². The summed E-state index contributed by atoms with van der Waals surface area (Å²) in [6, 6.07) is 9.30. The summed E-state index contributed by atoms with van der Waals surface area (Å²) in [6.07, 6.45) is 2.46. The quantitative estimate of drug-likeness (QED) is 0.689. The molecular weight excluding hydrogens is 308 g/mol. The second-order valence-corrected chi connectivity index (χ2v) is 5.79. The van der Waals surface area contributed by atoms with Crippen LogP contribution in [0, 0.1) is 23.8 Å². The van der Waals surface area contributed by atoms with Gasteiger partial charge in [-0.25, -0.2) is 4.85 Å². The summed E-state index contributed by atoms with van der Waals surface area (Å²) in [5.41, 5.74) is 7.28. The predicted octanol–water partition coefficient (Wildman–Crippen LogP) is 3.45. The van der Waals surface area contributed by atoms with Gasteiger partial charge < -0.3 is 23.1 Å². The van der Waals surface area contributed by atoms with E-state index in [0.29, 0.717) is 17.0 Å². The molecule has 1 saturated carbocycles. The van der Waals surface area contributed by atoms with Gasteiger partial charge in [-0.2, -0.15) is 5.26 Å². The van der Waals surface area contributed by atoms with Crippen molar-refractivity contribution in [2.45, 2.75) is 17.9 Å². The Balaban J connectivity index is 2.00. The molecule has 5 nitrogen and oxygen atoms in total. The van der Waals surface area contributed by atoms with Crippen molar-refractivity contribution in [2.24, 2.45) is 5.92 Å². The molecule has 6 heteroatoms. The molecule has 114 valence electrons. The standard InChI is InChI=1S/C17H14N4OS/c1-20-15-14(13(8-18)17(23)21-16(15)19)11-4-6-12(7-5-11)22-9-10-2-3-10/h4-7,10H,2-3,9H2,(H3,19,21,23)/p-1. The highest BCUT2D eigenvalue weighted by atomic mass is 32.1. The fourth-order valence-corrected chi connectivity index (χ4v) is 2.53. The minimum Gasteiger partial charge on any atom is -0.759 e. The average Bonchev–Trinajstić information content (AvgIpc) is 3.37. The molecule has 1 aromatic heterocycles. The van der Waals surface area contributed by atoms with Crippen molar-refractivity contribution in [1.82, 2.24) is 4.98 Å². The van der Waals surface area contributed by atoms with Gasteiger partial charge in [0.25, 0.3) is 0 Å². The molecule has 1 fully saturated rings. The van der Waals surface area contributed by atoms with Gasteiger partial charge in [0, 0.05) is 11.1 Å². The van der Waals surface area contributed by atoms with Crippen LogP contribution >= 0.6 is 0 Å². The first-order valence-electron chi connectivity index (χ1n) is 7.15. The van der Waals surface area contributed by atoms with Gasteiger partial charge in [0.1, 0.15) is 11.6 Å². The van der Waals surface area contributed by atoms with E-state index < -0.39 is 0 Å². The minimum absolute atomic E-state index is 0.0491. The number of hydrogen-bond donors (Lipinski definition) is 1. The van der Waals surface area contributed by atoms with E-state index in [1.807, 2.05) is 18.2 Å². The second kappa shape index (κ2) is 6.12. The number of nitriles is 1. The highest BCUT2D eigenvalue weighted by molar-refractivity contribution is 7.58. The maximum absolute atomic E-state index is 9.35. The molecule has 2 N–H and O–H groups in total. The zero-order valence-electron chi connectivity index (χ0n) is 12.2. The second-order valence-electron chi connectivity index (χ2n) is 5.40. The highest BCUT2D eigenvalue weighted by Gasteiger charge is 2.22. The molecule has 23 heavy (non-hydrogen) atoms.